The average molecular weight is 217 g/mol. The molecule has 15 heavy (non-hydrogen) atoms. The third-order valence-corrected chi connectivity index (χ3v) is 1.67. The molecule has 0 saturated carbocycles. The molecular weight excluding hydrogens is 211 g/mol. The molecular formula is C9H6F3NO2. The van der Waals surface area contributed by atoms with E-state index in [0.717, 1.165) is 12.1 Å². The van der Waals surface area contributed by atoms with Gasteiger partial charge in [-0.1, -0.05) is 12.1 Å². The Bertz CT molecular complexity index is 412. The smallest absolute Gasteiger partial charge is 0.366 e. The third kappa shape index (κ3) is 2.55. The van der Waals surface area contributed by atoms with E-state index in [-0.39, 0.29) is 5.56 Å². The summed E-state index contributed by atoms with van der Waals surface area (Å²) in [6.45, 7) is 0. The summed E-state index contributed by atoms with van der Waals surface area (Å²) in [7, 11) is 0. The quantitative estimate of drug-likeness (QED) is 0.763. The first kappa shape index (κ1) is 11.2. The third-order valence-electron chi connectivity index (χ3n) is 1.67. The first-order chi connectivity index (χ1) is 6.82. The monoisotopic (exact) mass is 217 g/mol. The van der Waals surface area contributed by atoms with Crippen molar-refractivity contribution in [1.82, 2.24) is 0 Å². The number of hydrogen-bond acceptors (Lipinski definition) is 2. The van der Waals surface area contributed by atoms with Crippen LogP contribution in [0.5, 0.6) is 0 Å². The van der Waals surface area contributed by atoms with Gasteiger partial charge in [0, 0.05) is 11.1 Å². The second-order valence-electron chi connectivity index (χ2n) is 2.77. The van der Waals surface area contributed by atoms with E-state index in [1.54, 1.807) is 0 Å². The molecule has 0 atom stereocenters. The molecule has 1 amide bonds. The van der Waals surface area contributed by atoms with Crippen molar-refractivity contribution in [3.05, 3.63) is 35.4 Å². The van der Waals surface area contributed by atoms with Crippen molar-refractivity contribution in [2.45, 2.75) is 6.18 Å². The van der Waals surface area contributed by atoms with Gasteiger partial charge in [0.2, 0.25) is 5.91 Å². The Kier molecular flexibility index (Phi) is 2.78. The van der Waals surface area contributed by atoms with Crippen molar-refractivity contribution in [2.75, 3.05) is 0 Å². The van der Waals surface area contributed by atoms with Gasteiger partial charge in [0.1, 0.15) is 0 Å². The lowest BCUT2D eigenvalue weighted by molar-refractivity contribution is -0.0885. The van der Waals surface area contributed by atoms with E-state index in [4.69, 9.17) is 5.73 Å². The van der Waals surface area contributed by atoms with E-state index >= 15 is 0 Å². The predicted octanol–water partition coefficient (Wildman–Crippen LogP) is 1.53. The molecule has 2 N–H and O–H groups in total. The molecule has 6 heteroatoms. The standard InChI is InChI=1S/C9H6F3NO2/c10-9(11,12)7(14)5-2-1-3-6(4-5)8(13)15/h1-4H,(H2,13,15). The zero-order valence-corrected chi connectivity index (χ0v) is 7.34. The molecule has 0 spiro atoms. The highest BCUT2D eigenvalue weighted by Gasteiger charge is 2.39. The molecule has 0 bridgehead atoms. The maximum Gasteiger partial charge on any atom is 0.454 e. The highest BCUT2D eigenvalue weighted by atomic mass is 19.4. The molecule has 0 unspecified atom stereocenters. The van der Waals surface area contributed by atoms with Crippen molar-refractivity contribution in [2.24, 2.45) is 5.73 Å². The Balaban J connectivity index is 3.12. The van der Waals surface area contributed by atoms with Gasteiger partial charge in [-0.25, -0.2) is 0 Å². The first-order valence-corrected chi connectivity index (χ1v) is 3.84. The summed E-state index contributed by atoms with van der Waals surface area (Å²) in [5.74, 6) is -2.88. The number of carbonyl (C=O) groups excluding carboxylic acids is 2. The average Bonchev–Trinajstić information content (AvgIpc) is 2.15. The summed E-state index contributed by atoms with van der Waals surface area (Å²) in [5.41, 5.74) is 4.13. The van der Waals surface area contributed by atoms with E-state index in [0.29, 0.717) is 0 Å². The van der Waals surface area contributed by atoms with Crippen molar-refractivity contribution < 1.29 is 22.8 Å². The predicted molar refractivity (Wildman–Crippen MR) is 45.3 cm³/mol. The molecule has 0 saturated heterocycles. The number of amides is 1. The number of hydrogen-bond donors (Lipinski definition) is 1. The summed E-state index contributed by atoms with van der Waals surface area (Å²) in [4.78, 5) is 21.4. The highest BCUT2D eigenvalue weighted by Crippen LogP contribution is 2.21. The Morgan fingerprint density at radius 3 is 2.13 bits per heavy atom. The molecule has 1 aromatic carbocycles. The van der Waals surface area contributed by atoms with Gasteiger partial charge in [-0.2, -0.15) is 13.2 Å². The number of alkyl halides is 3. The Morgan fingerprint density at radius 1 is 1.13 bits per heavy atom. The fourth-order valence-corrected chi connectivity index (χ4v) is 0.977. The minimum Gasteiger partial charge on any atom is -0.366 e. The lowest BCUT2D eigenvalue weighted by Crippen LogP contribution is -2.23. The fourth-order valence-electron chi connectivity index (χ4n) is 0.977. The summed E-state index contributed by atoms with van der Waals surface area (Å²) < 4.78 is 36.0. The van der Waals surface area contributed by atoms with Crippen LogP contribution in [0.4, 0.5) is 13.2 Å². The van der Waals surface area contributed by atoms with Gasteiger partial charge in [-0.05, 0) is 12.1 Å². The van der Waals surface area contributed by atoms with E-state index < -0.39 is 23.4 Å². The molecule has 0 aliphatic carbocycles. The number of halogens is 3. The van der Waals surface area contributed by atoms with Crippen LogP contribution in [0.2, 0.25) is 0 Å². The van der Waals surface area contributed by atoms with Crippen LogP contribution >= 0.6 is 0 Å². The zero-order chi connectivity index (χ0) is 11.6. The van der Waals surface area contributed by atoms with E-state index in [1.807, 2.05) is 0 Å². The zero-order valence-electron chi connectivity index (χ0n) is 7.34. The van der Waals surface area contributed by atoms with Crippen LogP contribution < -0.4 is 5.73 Å². The SMILES string of the molecule is NC(=O)c1cccc(C(=O)C(F)(F)F)c1. The second-order valence-corrected chi connectivity index (χ2v) is 2.77. The topological polar surface area (TPSA) is 60.2 Å². The summed E-state index contributed by atoms with van der Waals surface area (Å²) in [5, 5.41) is 0. The molecule has 0 fully saturated rings. The number of rotatable bonds is 2. The van der Waals surface area contributed by atoms with Gasteiger partial charge in [0.15, 0.2) is 0 Å². The number of ketones is 1. The van der Waals surface area contributed by atoms with Crippen LogP contribution in [0.1, 0.15) is 20.7 Å². The summed E-state index contributed by atoms with van der Waals surface area (Å²) >= 11 is 0. The molecule has 1 rings (SSSR count). The number of nitrogens with two attached hydrogens (primary N) is 1. The van der Waals surface area contributed by atoms with Gasteiger partial charge >= 0.3 is 6.18 Å². The number of Topliss-reactive ketones (excluding diaryl/α,β-unsaturated/α-hetero) is 1. The van der Waals surface area contributed by atoms with Crippen LogP contribution in [0.25, 0.3) is 0 Å². The van der Waals surface area contributed by atoms with E-state index in [2.05, 4.69) is 0 Å². The first-order valence-electron chi connectivity index (χ1n) is 3.84. The minimum atomic E-state index is -4.95. The molecule has 80 valence electrons. The summed E-state index contributed by atoms with van der Waals surface area (Å²) in [6, 6.07) is 4.19. The van der Waals surface area contributed by atoms with Crippen LogP contribution in [0.3, 0.4) is 0 Å². The lowest BCUT2D eigenvalue weighted by atomic mass is 10.1. The van der Waals surface area contributed by atoms with E-state index in [1.165, 1.54) is 12.1 Å². The Labute approximate surface area is 82.7 Å². The second kappa shape index (κ2) is 3.72. The van der Waals surface area contributed by atoms with Crippen LogP contribution in [0, 0.1) is 0 Å². The maximum atomic E-state index is 12.0. The molecule has 0 radical (unpaired) electrons. The number of primary amides is 1. The lowest BCUT2D eigenvalue weighted by Gasteiger charge is -2.05. The number of carbonyl (C=O) groups is 2. The van der Waals surface area contributed by atoms with Gasteiger partial charge in [-0.15, -0.1) is 0 Å². The fraction of sp³-hybridized carbons (Fsp3) is 0.111. The largest absolute Gasteiger partial charge is 0.454 e. The van der Waals surface area contributed by atoms with Gasteiger partial charge in [-0.3, -0.25) is 9.59 Å². The van der Waals surface area contributed by atoms with Crippen LogP contribution in [-0.2, 0) is 0 Å². The van der Waals surface area contributed by atoms with Crippen molar-refractivity contribution >= 4 is 11.7 Å². The van der Waals surface area contributed by atoms with Crippen LogP contribution in [0.15, 0.2) is 24.3 Å². The molecule has 3 nitrogen and oxygen atoms in total. The highest BCUT2D eigenvalue weighted by molar-refractivity contribution is 6.02. The van der Waals surface area contributed by atoms with E-state index in [9.17, 15) is 22.8 Å². The van der Waals surface area contributed by atoms with Crippen LogP contribution in [-0.4, -0.2) is 17.9 Å². The molecule has 0 aromatic heterocycles. The normalized spacial score (nSPS) is 11.1. The Morgan fingerprint density at radius 2 is 1.67 bits per heavy atom. The van der Waals surface area contributed by atoms with Gasteiger partial charge in [0.25, 0.3) is 5.78 Å². The minimum absolute atomic E-state index is 0.134. The van der Waals surface area contributed by atoms with Crippen molar-refractivity contribution in [1.29, 1.82) is 0 Å². The molecule has 0 aliphatic rings. The van der Waals surface area contributed by atoms with Crippen molar-refractivity contribution in [3.8, 4) is 0 Å². The molecule has 0 aliphatic heterocycles. The van der Waals surface area contributed by atoms with Gasteiger partial charge in [0.05, 0.1) is 0 Å². The summed E-state index contributed by atoms with van der Waals surface area (Å²) in [6.07, 6.45) is -4.95. The molecule has 1 aromatic rings. The molecule has 0 heterocycles. The van der Waals surface area contributed by atoms with Crippen molar-refractivity contribution in [3.63, 3.8) is 0 Å². The van der Waals surface area contributed by atoms with Gasteiger partial charge < -0.3 is 5.73 Å². The maximum absolute atomic E-state index is 12.0. The number of benzene rings is 1. The Hall–Kier alpha value is -1.85.